The second-order valence-corrected chi connectivity index (χ2v) is 7.06. The summed E-state index contributed by atoms with van der Waals surface area (Å²) in [5, 5.41) is 7.91. The van der Waals surface area contributed by atoms with Gasteiger partial charge in [-0.25, -0.2) is 4.98 Å². The summed E-state index contributed by atoms with van der Waals surface area (Å²) < 4.78 is 51.1. The molecule has 1 aliphatic carbocycles. The molecule has 158 valence electrons. The van der Waals surface area contributed by atoms with Crippen molar-refractivity contribution in [1.82, 2.24) is 14.8 Å². The molecular formula is C20H19F3N4O3. The van der Waals surface area contributed by atoms with E-state index in [2.05, 4.69) is 15.4 Å². The van der Waals surface area contributed by atoms with Crippen LogP contribution < -0.4 is 10.1 Å². The van der Waals surface area contributed by atoms with Gasteiger partial charge >= 0.3 is 6.18 Å². The Morgan fingerprint density at radius 3 is 2.67 bits per heavy atom. The van der Waals surface area contributed by atoms with Crippen LogP contribution in [0.15, 0.2) is 36.5 Å². The standard InChI is InChI=1S/C20H19F3N4O3/c1-29-13-7-12(8-13)27-10-11-6-16(17(30-2)9-15(11)26-27)25-19(28)14-4-3-5-18(24-14)20(21,22)23/h3-6,9-10,12-13H,7-8H2,1-2H3,(H,25,28). The number of nitrogens with one attached hydrogen (secondary N) is 1. The number of benzene rings is 1. The van der Waals surface area contributed by atoms with E-state index in [0.717, 1.165) is 30.4 Å². The molecule has 0 unspecified atom stereocenters. The molecule has 4 rings (SSSR count). The normalized spacial score (nSPS) is 18.8. The number of nitrogens with zero attached hydrogens (tertiary/aromatic N) is 3. The number of hydrogen-bond acceptors (Lipinski definition) is 5. The molecule has 1 amide bonds. The van der Waals surface area contributed by atoms with Crippen LogP contribution in [0.4, 0.5) is 18.9 Å². The van der Waals surface area contributed by atoms with Gasteiger partial charge in [-0.1, -0.05) is 6.07 Å². The maximum absolute atomic E-state index is 12.9. The quantitative estimate of drug-likeness (QED) is 0.674. The third-order valence-electron chi connectivity index (χ3n) is 5.14. The zero-order chi connectivity index (χ0) is 21.5. The van der Waals surface area contributed by atoms with Crippen molar-refractivity contribution in [2.24, 2.45) is 0 Å². The van der Waals surface area contributed by atoms with Crippen molar-refractivity contribution >= 4 is 22.5 Å². The number of halogens is 3. The molecule has 1 fully saturated rings. The van der Waals surface area contributed by atoms with Gasteiger partial charge in [0.1, 0.15) is 17.1 Å². The first-order valence-electron chi connectivity index (χ1n) is 9.23. The fourth-order valence-corrected chi connectivity index (χ4v) is 3.38. The second-order valence-electron chi connectivity index (χ2n) is 7.06. The number of amides is 1. The summed E-state index contributed by atoms with van der Waals surface area (Å²) in [7, 11) is 3.12. The minimum Gasteiger partial charge on any atom is -0.494 e. The molecule has 0 saturated heterocycles. The lowest BCUT2D eigenvalue weighted by Gasteiger charge is -2.34. The first-order chi connectivity index (χ1) is 14.3. The van der Waals surface area contributed by atoms with Gasteiger partial charge in [-0.3, -0.25) is 9.48 Å². The lowest BCUT2D eigenvalue weighted by Crippen LogP contribution is -2.32. The van der Waals surface area contributed by atoms with Crippen LogP contribution in [0.2, 0.25) is 0 Å². The molecule has 0 bridgehead atoms. The maximum Gasteiger partial charge on any atom is 0.433 e. The van der Waals surface area contributed by atoms with Crippen LogP contribution in [0.1, 0.15) is 35.1 Å². The van der Waals surface area contributed by atoms with E-state index >= 15 is 0 Å². The SMILES string of the molecule is COc1cc2nn(C3CC(OC)C3)cc2cc1NC(=O)c1cccc(C(F)(F)F)n1. The Labute approximate surface area is 169 Å². The first kappa shape index (κ1) is 20.1. The van der Waals surface area contributed by atoms with E-state index < -0.39 is 17.8 Å². The van der Waals surface area contributed by atoms with Crippen LogP contribution in [-0.2, 0) is 10.9 Å². The number of hydrogen-bond donors (Lipinski definition) is 1. The van der Waals surface area contributed by atoms with Crippen LogP contribution >= 0.6 is 0 Å². The van der Waals surface area contributed by atoms with Gasteiger partial charge in [0.05, 0.1) is 30.5 Å². The molecule has 2 heterocycles. The third-order valence-corrected chi connectivity index (χ3v) is 5.14. The largest absolute Gasteiger partial charge is 0.494 e. The van der Waals surface area contributed by atoms with Gasteiger partial charge in [0.15, 0.2) is 0 Å². The van der Waals surface area contributed by atoms with Gasteiger partial charge in [0.25, 0.3) is 5.91 Å². The number of carbonyl (C=O) groups is 1. The number of pyridine rings is 1. The number of fused-ring (bicyclic) bond motifs is 1. The monoisotopic (exact) mass is 420 g/mol. The van der Waals surface area contributed by atoms with Gasteiger partial charge in [-0.2, -0.15) is 18.3 Å². The summed E-state index contributed by atoms with van der Waals surface area (Å²) in [6, 6.07) is 6.76. The van der Waals surface area contributed by atoms with Gasteiger partial charge in [0, 0.05) is 24.8 Å². The van der Waals surface area contributed by atoms with Crippen LogP contribution in [0.3, 0.4) is 0 Å². The Kier molecular flexibility index (Phi) is 5.10. The lowest BCUT2D eigenvalue weighted by molar-refractivity contribution is -0.141. The average molecular weight is 420 g/mol. The molecule has 0 spiro atoms. The number of aromatic nitrogens is 3. The Morgan fingerprint density at radius 2 is 2.00 bits per heavy atom. The highest BCUT2D eigenvalue weighted by molar-refractivity contribution is 6.05. The van der Waals surface area contributed by atoms with Crippen molar-refractivity contribution in [1.29, 1.82) is 0 Å². The summed E-state index contributed by atoms with van der Waals surface area (Å²) in [6.07, 6.45) is -0.806. The number of alkyl halides is 3. The fourth-order valence-electron chi connectivity index (χ4n) is 3.38. The molecule has 10 heteroatoms. The molecule has 7 nitrogen and oxygen atoms in total. The fraction of sp³-hybridized carbons (Fsp3) is 0.350. The number of methoxy groups -OCH3 is 2. The zero-order valence-electron chi connectivity index (χ0n) is 16.2. The Balaban J connectivity index is 1.59. The van der Waals surface area contributed by atoms with Crippen molar-refractivity contribution in [3.8, 4) is 5.75 Å². The molecule has 1 aliphatic rings. The van der Waals surface area contributed by atoms with E-state index in [1.165, 1.54) is 13.2 Å². The Hall–Kier alpha value is -3.14. The van der Waals surface area contributed by atoms with Gasteiger partial charge in [0.2, 0.25) is 0 Å². The second kappa shape index (κ2) is 7.60. The smallest absolute Gasteiger partial charge is 0.433 e. The zero-order valence-corrected chi connectivity index (χ0v) is 16.2. The number of ether oxygens (including phenoxy) is 2. The van der Waals surface area contributed by atoms with Crippen LogP contribution in [0, 0.1) is 0 Å². The molecule has 0 aliphatic heterocycles. The molecular weight excluding hydrogens is 401 g/mol. The predicted octanol–water partition coefficient (Wildman–Crippen LogP) is 4.06. The van der Waals surface area contributed by atoms with E-state index in [0.29, 0.717) is 17.0 Å². The van der Waals surface area contributed by atoms with Crippen LogP contribution in [-0.4, -0.2) is 41.0 Å². The van der Waals surface area contributed by atoms with E-state index in [9.17, 15) is 18.0 Å². The summed E-state index contributed by atoms with van der Waals surface area (Å²) in [5.41, 5.74) is -0.475. The lowest BCUT2D eigenvalue weighted by atomic mass is 9.89. The Bertz CT molecular complexity index is 1090. The van der Waals surface area contributed by atoms with E-state index in [-0.39, 0.29) is 17.8 Å². The molecule has 1 aromatic carbocycles. The number of carbonyl (C=O) groups excluding carboxylic acids is 1. The minimum atomic E-state index is -4.63. The maximum atomic E-state index is 12.9. The molecule has 30 heavy (non-hydrogen) atoms. The first-order valence-corrected chi connectivity index (χ1v) is 9.23. The summed E-state index contributed by atoms with van der Waals surface area (Å²) >= 11 is 0. The average Bonchev–Trinajstić information content (AvgIpc) is 3.08. The third kappa shape index (κ3) is 3.82. The number of anilines is 1. The molecule has 2 aromatic heterocycles. The summed E-state index contributed by atoms with van der Waals surface area (Å²) in [4.78, 5) is 15.9. The highest BCUT2D eigenvalue weighted by Gasteiger charge is 2.33. The van der Waals surface area contributed by atoms with E-state index in [1.54, 1.807) is 19.2 Å². The molecule has 1 saturated carbocycles. The van der Waals surface area contributed by atoms with Crippen molar-refractivity contribution in [3.63, 3.8) is 0 Å². The molecule has 1 N–H and O–H groups in total. The topological polar surface area (TPSA) is 78.3 Å². The van der Waals surface area contributed by atoms with Crippen molar-refractivity contribution < 1.29 is 27.4 Å². The van der Waals surface area contributed by atoms with Crippen LogP contribution in [0.25, 0.3) is 10.9 Å². The highest BCUT2D eigenvalue weighted by Crippen LogP contribution is 2.36. The summed E-state index contributed by atoms with van der Waals surface area (Å²) in [6.45, 7) is 0. The van der Waals surface area contributed by atoms with Crippen molar-refractivity contribution in [2.45, 2.75) is 31.2 Å². The predicted molar refractivity (Wildman–Crippen MR) is 103 cm³/mol. The van der Waals surface area contributed by atoms with Crippen molar-refractivity contribution in [3.05, 3.63) is 47.9 Å². The van der Waals surface area contributed by atoms with E-state index in [1.807, 2.05) is 10.9 Å². The van der Waals surface area contributed by atoms with Crippen molar-refractivity contribution in [2.75, 3.05) is 19.5 Å². The molecule has 0 radical (unpaired) electrons. The van der Waals surface area contributed by atoms with Gasteiger partial charge in [-0.15, -0.1) is 0 Å². The minimum absolute atomic E-state index is 0.228. The Morgan fingerprint density at radius 1 is 1.23 bits per heavy atom. The van der Waals surface area contributed by atoms with Gasteiger partial charge in [-0.05, 0) is 31.0 Å². The van der Waals surface area contributed by atoms with Crippen LogP contribution in [0.5, 0.6) is 5.75 Å². The van der Waals surface area contributed by atoms with Gasteiger partial charge < -0.3 is 14.8 Å². The molecule has 0 atom stereocenters. The highest BCUT2D eigenvalue weighted by atomic mass is 19.4. The number of rotatable bonds is 5. The molecule has 3 aromatic rings. The van der Waals surface area contributed by atoms with E-state index in [4.69, 9.17) is 9.47 Å². The summed E-state index contributed by atoms with van der Waals surface area (Å²) in [5.74, 6) is -0.426.